The Hall–Kier alpha value is -1.95. The second-order valence-electron chi connectivity index (χ2n) is 6.06. The number of nitrogens with one attached hydrogen (secondary N) is 3. The van der Waals surface area contributed by atoms with Crippen LogP contribution in [0.15, 0.2) is 34.3 Å². The van der Waals surface area contributed by atoms with Crippen molar-refractivity contribution >= 4 is 17.7 Å². The molecule has 1 heterocycles. The lowest BCUT2D eigenvalue weighted by molar-refractivity contribution is 0.741. The molecule has 0 bridgehead atoms. The number of aromatic nitrogens is 2. The van der Waals surface area contributed by atoms with Crippen molar-refractivity contribution in [1.82, 2.24) is 20.8 Å². The van der Waals surface area contributed by atoms with Gasteiger partial charge in [0, 0.05) is 23.7 Å². The van der Waals surface area contributed by atoms with E-state index in [-0.39, 0.29) is 0 Å². The molecule has 0 aliphatic heterocycles. The summed E-state index contributed by atoms with van der Waals surface area (Å²) in [6, 6.07) is 6.55. The maximum absolute atomic E-state index is 4.74. The van der Waals surface area contributed by atoms with Gasteiger partial charge >= 0.3 is 0 Å². The van der Waals surface area contributed by atoms with Gasteiger partial charge in [0.25, 0.3) is 0 Å². The van der Waals surface area contributed by atoms with E-state index in [2.05, 4.69) is 66.1 Å². The van der Waals surface area contributed by atoms with E-state index in [4.69, 9.17) is 4.99 Å². The van der Waals surface area contributed by atoms with Gasteiger partial charge in [-0.05, 0) is 62.6 Å². The molecule has 0 saturated carbocycles. The van der Waals surface area contributed by atoms with Gasteiger partial charge in [-0.25, -0.2) is 4.99 Å². The van der Waals surface area contributed by atoms with Crippen molar-refractivity contribution < 1.29 is 0 Å². The van der Waals surface area contributed by atoms with Crippen LogP contribution in [0.4, 0.5) is 0 Å². The van der Waals surface area contributed by atoms with Gasteiger partial charge < -0.3 is 10.6 Å². The second-order valence-corrected chi connectivity index (χ2v) is 6.91. The van der Waals surface area contributed by atoms with Crippen LogP contribution in [0.1, 0.15) is 35.7 Å². The van der Waals surface area contributed by atoms with Crippen LogP contribution in [-0.2, 0) is 13.0 Å². The van der Waals surface area contributed by atoms with Gasteiger partial charge in [0.15, 0.2) is 5.96 Å². The van der Waals surface area contributed by atoms with Gasteiger partial charge in [0.05, 0.1) is 12.7 Å². The molecule has 0 unspecified atom stereocenters. The minimum absolute atomic E-state index is 0.687. The number of nitrogens with zero attached hydrogens (tertiary/aromatic N) is 2. The molecule has 0 saturated heterocycles. The Morgan fingerprint density at radius 1 is 1.24 bits per heavy atom. The molecule has 0 aliphatic rings. The summed E-state index contributed by atoms with van der Waals surface area (Å²) < 4.78 is 0. The SMILES string of the molecule is CCNC(=NCc1ccc(C)cc1SC)NCCCc1cn[nH]c1C. The Labute approximate surface area is 155 Å². The summed E-state index contributed by atoms with van der Waals surface area (Å²) in [5.41, 5.74) is 5.00. The summed E-state index contributed by atoms with van der Waals surface area (Å²) in [7, 11) is 0. The van der Waals surface area contributed by atoms with Gasteiger partial charge in [0.1, 0.15) is 0 Å². The van der Waals surface area contributed by atoms with E-state index < -0.39 is 0 Å². The summed E-state index contributed by atoms with van der Waals surface area (Å²) in [5, 5.41) is 13.8. The highest BCUT2D eigenvalue weighted by Crippen LogP contribution is 2.22. The van der Waals surface area contributed by atoms with E-state index in [0.29, 0.717) is 6.54 Å². The summed E-state index contributed by atoms with van der Waals surface area (Å²) >= 11 is 1.78. The molecular formula is C19H29N5S. The molecule has 0 amide bonds. The summed E-state index contributed by atoms with van der Waals surface area (Å²) in [4.78, 5) is 6.04. The van der Waals surface area contributed by atoms with Crippen LogP contribution in [0, 0.1) is 13.8 Å². The average molecular weight is 360 g/mol. The number of rotatable bonds is 8. The third kappa shape index (κ3) is 6.12. The van der Waals surface area contributed by atoms with Crippen molar-refractivity contribution in [2.24, 2.45) is 4.99 Å². The number of hydrogen-bond donors (Lipinski definition) is 3. The maximum Gasteiger partial charge on any atom is 0.191 e. The molecule has 3 N–H and O–H groups in total. The Balaban J connectivity index is 1.88. The predicted octanol–water partition coefficient (Wildman–Crippen LogP) is 3.44. The fourth-order valence-electron chi connectivity index (χ4n) is 2.60. The predicted molar refractivity (Wildman–Crippen MR) is 107 cm³/mol. The zero-order chi connectivity index (χ0) is 18.1. The molecule has 5 nitrogen and oxygen atoms in total. The van der Waals surface area contributed by atoms with Crippen LogP contribution in [0.25, 0.3) is 0 Å². The van der Waals surface area contributed by atoms with Crippen molar-refractivity contribution in [3.63, 3.8) is 0 Å². The fourth-order valence-corrected chi connectivity index (χ4v) is 3.30. The van der Waals surface area contributed by atoms with Crippen molar-refractivity contribution in [3.8, 4) is 0 Å². The minimum Gasteiger partial charge on any atom is -0.357 e. The average Bonchev–Trinajstić information content (AvgIpc) is 3.02. The van der Waals surface area contributed by atoms with Crippen molar-refractivity contribution in [2.75, 3.05) is 19.3 Å². The number of thioether (sulfide) groups is 1. The van der Waals surface area contributed by atoms with Crippen LogP contribution in [0.3, 0.4) is 0 Å². The fraction of sp³-hybridized carbons (Fsp3) is 0.474. The van der Waals surface area contributed by atoms with Crippen molar-refractivity contribution in [3.05, 3.63) is 46.8 Å². The first kappa shape index (κ1) is 19.4. The number of guanidine groups is 1. The topological polar surface area (TPSA) is 65.1 Å². The van der Waals surface area contributed by atoms with Gasteiger partial charge in [-0.2, -0.15) is 5.10 Å². The van der Waals surface area contributed by atoms with E-state index >= 15 is 0 Å². The number of hydrogen-bond acceptors (Lipinski definition) is 3. The van der Waals surface area contributed by atoms with Crippen LogP contribution in [0.5, 0.6) is 0 Å². The van der Waals surface area contributed by atoms with E-state index in [0.717, 1.165) is 37.6 Å². The summed E-state index contributed by atoms with van der Waals surface area (Å²) in [6.07, 6.45) is 6.09. The van der Waals surface area contributed by atoms with E-state index in [9.17, 15) is 0 Å². The van der Waals surface area contributed by atoms with Crippen molar-refractivity contribution in [2.45, 2.75) is 45.1 Å². The number of aliphatic imine (C=N–C) groups is 1. The molecule has 136 valence electrons. The Morgan fingerprint density at radius 3 is 2.76 bits per heavy atom. The highest BCUT2D eigenvalue weighted by Gasteiger charge is 2.04. The van der Waals surface area contributed by atoms with Gasteiger partial charge in [0.2, 0.25) is 0 Å². The van der Waals surface area contributed by atoms with Crippen LogP contribution >= 0.6 is 11.8 Å². The number of benzene rings is 1. The second kappa shape index (κ2) is 10.1. The number of H-pyrrole nitrogens is 1. The number of aromatic amines is 1. The lowest BCUT2D eigenvalue weighted by Gasteiger charge is -2.12. The van der Waals surface area contributed by atoms with Crippen molar-refractivity contribution in [1.29, 1.82) is 0 Å². The lowest BCUT2D eigenvalue weighted by atomic mass is 10.1. The highest BCUT2D eigenvalue weighted by molar-refractivity contribution is 7.98. The highest BCUT2D eigenvalue weighted by atomic mass is 32.2. The van der Waals surface area contributed by atoms with Crippen LogP contribution in [-0.4, -0.2) is 35.5 Å². The Morgan fingerprint density at radius 2 is 2.08 bits per heavy atom. The molecule has 6 heteroatoms. The van der Waals surface area contributed by atoms with Gasteiger partial charge in [-0.3, -0.25) is 5.10 Å². The Bertz CT molecular complexity index is 693. The Kier molecular flexibility index (Phi) is 7.85. The quantitative estimate of drug-likeness (QED) is 0.292. The van der Waals surface area contributed by atoms with Crippen LogP contribution < -0.4 is 10.6 Å². The molecular weight excluding hydrogens is 330 g/mol. The molecule has 0 atom stereocenters. The van der Waals surface area contributed by atoms with Gasteiger partial charge in [-0.1, -0.05) is 12.1 Å². The first-order valence-corrected chi connectivity index (χ1v) is 10.0. The molecule has 25 heavy (non-hydrogen) atoms. The normalized spacial score (nSPS) is 11.6. The largest absolute Gasteiger partial charge is 0.357 e. The minimum atomic E-state index is 0.687. The third-order valence-corrected chi connectivity index (χ3v) is 4.86. The first-order chi connectivity index (χ1) is 12.1. The maximum atomic E-state index is 4.74. The lowest BCUT2D eigenvalue weighted by Crippen LogP contribution is -2.37. The molecule has 1 aromatic heterocycles. The van der Waals surface area contributed by atoms with E-state index in [1.165, 1.54) is 21.6 Å². The molecule has 0 aliphatic carbocycles. The monoisotopic (exact) mass is 359 g/mol. The van der Waals surface area contributed by atoms with E-state index in [1.807, 2.05) is 6.20 Å². The molecule has 1 aromatic carbocycles. The molecule has 2 aromatic rings. The standard InChI is InChI=1S/C19H29N5S/c1-5-20-19(21-10-6-7-16-13-23-24-15(16)3)22-12-17-9-8-14(2)11-18(17)25-4/h8-9,11,13H,5-7,10,12H2,1-4H3,(H,23,24)(H2,20,21,22). The first-order valence-electron chi connectivity index (χ1n) is 8.78. The zero-order valence-corrected chi connectivity index (χ0v) is 16.5. The third-order valence-electron chi connectivity index (χ3n) is 4.04. The molecule has 0 fully saturated rings. The molecule has 0 radical (unpaired) electrons. The molecule has 2 rings (SSSR count). The number of aryl methyl sites for hydroxylation is 3. The van der Waals surface area contributed by atoms with E-state index in [1.54, 1.807) is 11.8 Å². The summed E-state index contributed by atoms with van der Waals surface area (Å²) in [5.74, 6) is 0.874. The van der Waals surface area contributed by atoms with Gasteiger partial charge in [-0.15, -0.1) is 11.8 Å². The zero-order valence-electron chi connectivity index (χ0n) is 15.6. The van der Waals surface area contributed by atoms with Crippen LogP contribution in [0.2, 0.25) is 0 Å². The molecule has 0 spiro atoms. The summed E-state index contributed by atoms with van der Waals surface area (Å²) in [6.45, 7) is 8.71. The smallest absolute Gasteiger partial charge is 0.191 e.